The molecule has 1 aromatic heterocycles. The van der Waals surface area contributed by atoms with Crippen LogP contribution in [0, 0.1) is 11.8 Å². The lowest BCUT2D eigenvalue weighted by Crippen LogP contribution is -2.45. The molecule has 1 aliphatic rings. The predicted molar refractivity (Wildman–Crippen MR) is 90.0 cm³/mol. The van der Waals surface area contributed by atoms with Crippen molar-refractivity contribution in [3.05, 3.63) is 47.2 Å². The van der Waals surface area contributed by atoms with Crippen LogP contribution in [0.15, 0.2) is 40.8 Å². The van der Waals surface area contributed by atoms with Crippen molar-refractivity contribution in [1.82, 2.24) is 4.90 Å². The van der Waals surface area contributed by atoms with Gasteiger partial charge in [0, 0.05) is 18.7 Å². The number of likely N-dealkylation sites (tertiary alicyclic amines) is 1. The third-order valence-electron chi connectivity index (χ3n) is 4.25. The van der Waals surface area contributed by atoms with Gasteiger partial charge in [0.2, 0.25) is 0 Å². The summed E-state index contributed by atoms with van der Waals surface area (Å²) in [6.07, 6.45) is 0.585. The normalized spacial score (nSPS) is 20.8. The average molecular weight is 348 g/mol. The number of nitrogens with zero attached hydrogens (tertiary/aromatic N) is 1. The Morgan fingerprint density at radius 1 is 1.21 bits per heavy atom. The Morgan fingerprint density at radius 2 is 1.96 bits per heavy atom. The molecule has 2 unspecified atom stereocenters. The molecule has 2 heterocycles. The second-order valence-corrected chi connectivity index (χ2v) is 6.64. The van der Waals surface area contributed by atoms with Gasteiger partial charge in [0.15, 0.2) is 5.76 Å². The summed E-state index contributed by atoms with van der Waals surface area (Å²) in [4.78, 5) is 25.5. The van der Waals surface area contributed by atoms with E-state index in [2.05, 4.69) is 0 Å². The number of carbonyl (C=O) groups is 2. The van der Waals surface area contributed by atoms with Crippen molar-refractivity contribution in [2.45, 2.75) is 13.3 Å². The number of carboxylic acids is 1. The number of carboxylic acid groups (broad SMARTS) is 1. The van der Waals surface area contributed by atoms with Crippen LogP contribution < -0.4 is 0 Å². The fourth-order valence-corrected chi connectivity index (χ4v) is 3.34. The largest absolute Gasteiger partial charge is 0.481 e. The Hall–Kier alpha value is -2.27. The number of carbonyl (C=O) groups excluding carboxylic acids is 1. The van der Waals surface area contributed by atoms with Crippen molar-refractivity contribution >= 4 is 23.5 Å². The van der Waals surface area contributed by atoms with E-state index >= 15 is 0 Å². The summed E-state index contributed by atoms with van der Waals surface area (Å²) in [6.45, 7) is 2.69. The summed E-state index contributed by atoms with van der Waals surface area (Å²) in [5, 5.41) is 9.78. The second kappa shape index (κ2) is 6.69. The molecule has 1 N–H and O–H groups in total. The van der Waals surface area contributed by atoms with Gasteiger partial charge in [0.1, 0.15) is 5.76 Å². The van der Waals surface area contributed by atoms with Crippen LogP contribution in [0.1, 0.15) is 23.9 Å². The fourth-order valence-electron chi connectivity index (χ4n) is 3.11. The lowest BCUT2D eigenvalue weighted by molar-refractivity contribution is -0.143. The van der Waals surface area contributed by atoms with Gasteiger partial charge < -0.3 is 14.4 Å². The monoisotopic (exact) mass is 347 g/mol. The molecule has 0 spiro atoms. The molecule has 1 fully saturated rings. The first-order valence-electron chi connectivity index (χ1n) is 7.82. The molecule has 0 saturated carbocycles. The summed E-state index contributed by atoms with van der Waals surface area (Å²) in [7, 11) is 0. The smallest absolute Gasteiger partial charge is 0.308 e. The van der Waals surface area contributed by atoms with Gasteiger partial charge in [0.25, 0.3) is 5.91 Å². The predicted octanol–water partition coefficient (Wildman–Crippen LogP) is 3.78. The van der Waals surface area contributed by atoms with Gasteiger partial charge in [-0.25, -0.2) is 0 Å². The van der Waals surface area contributed by atoms with E-state index in [-0.39, 0.29) is 24.1 Å². The van der Waals surface area contributed by atoms with Gasteiger partial charge in [-0.3, -0.25) is 9.59 Å². The topological polar surface area (TPSA) is 70.8 Å². The maximum Gasteiger partial charge on any atom is 0.308 e. The third-order valence-corrected chi connectivity index (χ3v) is 4.58. The Bertz CT molecular complexity index is 770. The number of piperidine rings is 1. The maximum atomic E-state index is 12.6. The van der Waals surface area contributed by atoms with E-state index in [1.807, 2.05) is 25.1 Å². The quantitative estimate of drug-likeness (QED) is 0.917. The lowest BCUT2D eigenvalue weighted by Gasteiger charge is -2.34. The van der Waals surface area contributed by atoms with Gasteiger partial charge in [-0.05, 0) is 36.6 Å². The molecule has 0 radical (unpaired) electrons. The molecule has 2 atom stereocenters. The summed E-state index contributed by atoms with van der Waals surface area (Å²) < 4.78 is 5.67. The number of hydrogen-bond donors (Lipinski definition) is 1. The first kappa shape index (κ1) is 16.6. The van der Waals surface area contributed by atoms with Gasteiger partial charge in [-0.2, -0.15) is 0 Å². The highest BCUT2D eigenvalue weighted by Gasteiger charge is 2.33. The molecular formula is C18H18ClNO4. The fraction of sp³-hybridized carbons (Fsp3) is 0.333. The van der Waals surface area contributed by atoms with Crippen LogP contribution >= 0.6 is 11.6 Å². The van der Waals surface area contributed by atoms with E-state index in [4.69, 9.17) is 16.0 Å². The number of rotatable bonds is 3. The zero-order valence-corrected chi connectivity index (χ0v) is 14.0. The Kier molecular flexibility index (Phi) is 4.62. The van der Waals surface area contributed by atoms with Crippen LogP contribution in [0.2, 0.25) is 5.02 Å². The van der Waals surface area contributed by atoms with Crippen molar-refractivity contribution in [3.8, 4) is 11.3 Å². The van der Waals surface area contributed by atoms with Crippen LogP contribution in [-0.4, -0.2) is 35.0 Å². The molecule has 2 aromatic rings. The minimum absolute atomic E-state index is 0.141. The van der Waals surface area contributed by atoms with Crippen molar-refractivity contribution in [2.75, 3.05) is 13.1 Å². The number of aliphatic carboxylic acids is 1. The van der Waals surface area contributed by atoms with Gasteiger partial charge in [-0.15, -0.1) is 0 Å². The molecule has 24 heavy (non-hydrogen) atoms. The summed E-state index contributed by atoms with van der Waals surface area (Å²) >= 11 is 6.15. The molecule has 126 valence electrons. The van der Waals surface area contributed by atoms with Gasteiger partial charge in [-0.1, -0.05) is 30.7 Å². The summed E-state index contributed by atoms with van der Waals surface area (Å²) in [6, 6.07) is 10.5. The molecular weight excluding hydrogens is 330 g/mol. The Balaban J connectivity index is 1.81. The van der Waals surface area contributed by atoms with Crippen molar-refractivity contribution in [2.24, 2.45) is 11.8 Å². The van der Waals surface area contributed by atoms with Crippen LogP contribution in [-0.2, 0) is 4.79 Å². The molecule has 1 aromatic carbocycles. The lowest BCUT2D eigenvalue weighted by atomic mass is 9.90. The number of benzene rings is 1. The van der Waals surface area contributed by atoms with E-state index < -0.39 is 11.9 Å². The molecule has 1 aliphatic heterocycles. The van der Waals surface area contributed by atoms with Crippen LogP contribution in [0.5, 0.6) is 0 Å². The molecule has 6 heteroatoms. The molecule has 1 saturated heterocycles. The molecule has 0 aliphatic carbocycles. The van der Waals surface area contributed by atoms with Crippen molar-refractivity contribution in [1.29, 1.82) is 0 Å². The minimum Gasteiger partial charge on any atom is -0.481 e. The van der Waals surface area contributed by atoms with Crippen LogP contribution in [0.25, 0.3) is 11.3 Å². The zero-order valence-electron chi connectivity index (χ0n) is 13.2. The molecule has 0 bridgehead atoms. The van der Waals surface area contributed by atoms with Crippen molar-refractivity contribution in [3.63, 3.8) is 0 Å². The number of furan rings is 1. The molecule has 5 nitrogen and oxygen atoms in total. The zero-order chi connectivity index (χ0) is 17.3. The number of hydrogen-bond acceptors (Lipinski definition) is 3. The third kappa shape index (κ3) is 3.31. The number of amides is 1. The van der Waals surface area contributed by atoms with Crippen molar-refractivity contribution < 1.29 is 19.1 Å². The van der Waals surface area contributed by atoms with Gasteiger partial charge in [0.05, 0.1) is 10.9 Å². The molecule has 3 rings (SSSR count). The highest BCUT2D eigenvalue weighted by atomic mass is 35.5. The Labute approximate surface area is 144 Å². The van der Waals surface area contributed by atoms with E-state index in [0.29, 0.717) is 29.3 Å². The van der Waals surface area contributed by atoms with E-state index in [1.54, 1.807) is 23.1 Å². The first-order chi connectivity index (χ1) is 11.5. The highest BCUT2D eigenvalue weighted by molar-refractivity contribution is 6.33. The van der Waals surface area contributed by atoms with E-state index in [1.165, 1.54) is 0 Å². The van der Waals surface area contributed by atoms with Crippen LogP contribution in [0.4, 0.5) is 0 Å². The standard InChI is InChI=1S/C18H18ClNO4/c1-11-8-12(18(22)23)10-20(9-11)17(21)16-7-6-15(24-16)13-4-2-3-5-14(13)19/h2-7,11-12H,8-10H2,1H3,(H,22,23). The highest BCUT2D eigenvalue weighted by Crippen LogP contribution is 2.30. The van der Waals surface area contributed by atoms with E-state index in [0.717, 1.165) is 0 Å². The minimum atomic E-state index is -0.865. The van der Waals surface area contributed by atoms with Gasteiger partial charge >= 0.3 is 5.97 Å². The molecule has 1 amide bonds. The second-order valence-electron chi connectivity index (χ2n) is 6.23. The first-order valence-corrected chi connectivity index (χ1v) is 8.20. The number of halogens is 1. The van der Waals surface area contributed by atoms with E-state index in [9.17, 15) is 14.7 Å². The summed E-state index contributed by atoms with van der Waals surface area (Å²) in [5.41, 5.74) is 0.716. The van der Waals surface area contributed by atoms with Crippen LogP contribution in [0.3, 0.4) is 0 Å². The Morgan fingerprint density at radius 3 is 2.67 bits per heavy atom. The maximum absolute atomic E-state index is 12.6. The SMILES string of the molecule is CC1CC(C(=O)O)CN(C(=O)c2ccc(-c3ccccc3Cl)o2)C1. The average Bonchev–Trinajstić information content (AvgIpc) is 3.03. The summed E-state index contributed by atoms with van der Waals surface area (Å²) in [5.74, 6) is -0.828.